The number of carbonyl (C=O) groups excluding carboxylic acids is 1. The van der Waals surface area contributed by atoms with Crippen molar-refractivity contribution in [1.82, 2.24) is 20.0 Å². The van der Waals surface area contributed by atoms with Crippen LogP contribution in [0.25, 0.3) is 0 Å². The second-order valence-electron chi connectivity index (χ2n) is 7.51. The molecule has 0 unspecified atom stereocenters. The van der Waals surface area contributed by atoms with Crippen LogP contribution in [-0.4, -0.2) is 71.3 Å². The van der Waals surface area contributed by atoms with Gasteiger partial charge in [-0.1, -0.05) is 12.1 Å². The van der Waals surface area contributed by atoms with E-state index in [4.69, 9.17) is 9.47 Å². The number of rotatable bonds is 9. The highest BCUT2D eigenvalue weighted by Gasteiger charge is 2.32. The molecule has 0 bridgehead atoms. The number of amides is 1. The Bertz CT molecular complexity index is 806. The molecule has 8 nitrogen and oxygen atoms in total. The Morgan fingerprint density at radius 3 is 2.69 bits per heavy atom. The average Bonchev–Trinajstić information content (AvgIpc) is 3.17. The van der Waals surface area contributed by atoms with Crippen molar-refractivity contribution in [3.63, 3.8) is 0 Å². The molecule has 2 aromatic rings. The van der Waals surface area contributed by atoms with Gasteiger partial charge in [0.1, 0.15) is 19.0 Å². The lowest BCUT2D eigenvalue weighted by atomic mass is 10.2. The number of hydrogen-bond donors (Lipinski definition) is 2. The van der Waals surface area contributed by atoms with Crippen molar-refractivity contribution in [2.75, 3.05) is 33.4 Å². The number of β-amino-alcohol motifs (C(OH)–C–C–N with tert-alkyl or cyclic N) is 1. The van der Waals surface area contributed by atoms with Crippen LogP contribution < -0.4 is 10.1 Å². The molecule has 29 heavy (non-hydrogen) atoms. The number of aliphatic hydroxyl groups excluding tert-OH is 1. The van der Waals surface area contributed by atoms with E-state index in [1.807, 2.05) is 42.8 Å². The second kappa shape index (κ2) is 9.87. The van der Waals surface area contributed by atoms with Gasteiger partial charge in [-0.05, 0) is 37.6 Å². The fourth-order valence-electron chi connectivity index (χ4n) is 3.62. The average molecular weight is 402 g/mol. The van der Waals surface area contributed by atoms with Gasteiger partial charge < -0.3 is 19.9 Å². The predicted octanol–water partition coefficient (Wildman–Crippen LogP) is 0.887. The van der Waals surface area contributed by atoms with Crippen LogP contribution in [0.2, 0.25) is 0 Å². The maximum atomic E-state index is 11.7. The van der Waals surface area contributed by atoms with Crippen molar-refractivity contribution in [2.45, 2.75) is 39.1 Å². The third-order valence-electron chi connectivity index (χ3n) is 4.99. The number of aromatic nitrogens is 2. The molecule has 1 saturated heterocycles. The second-order valence-corrected chi connectivity index (χ2v) is 7.51. The molecule has 1 aliphatic rings. The molecule has 0 aliphatic carbocycles. The third kappa shape index (κ3) is 6.03. The number of ether oxygens (including phenoxy) is 2. The summed E-state index contributed by atoms with van der Waals surface area (Å²) in [4.78, 5) is 13.8. The van der Waals surface area contributed by atoms with Gasteiger partial charge in [0, 0.05) is 32.4 Å². The van der Waals surface area contributed by atoms with Crippen molar-refractivity contribution in [3.05, 3.63) is 47.3 Å². The Kier molecular flexibility index (Phi) is 7.24. The van der Waals surface area contributed by atoms with Gasteiger partial charge in [-0.3, -0.25) is 14.4 Å². The van der Waals surface area contributed by atoms with Gasteiger partial charge >= 0.3 is 0 Å². The van der Waals surface area contributed by atoms with E-state index in [9.17, 15) is 9.90 Å². The number of nitrogens with zero attached hydrogens (tertiary/aromatic N) is 3. The van der Waals surface area contributed by atoms with Crippen LogP contribution in [0.1, 0.15) is 17.0 Å². The molecule has 2 atom stereocenters. The number of methoxy groups -OCH3 is 1. The first-order chi connectivity index (χ1) is 13.9. The van der Waals surface area contributed by atoms with Gasteiger partial charge in [-0.15, -0.1) is 0 Å². The molecular formula is C21H30N4O4. The van der Waals surface area contributed by atoms with Crippen LogP contribution in [-0.2, 0) is 22.6 Å². The lowest BCUT2D eigenvalue weighted by Gasteiger charge is -2.17. The number of carbonyl (C=O) groups is 1. The Hall–Kier alpha value is -2.42. The molecule has 1 aromatic heterocycles. The molecule has 1 aliphatic heterocycles. The van der Waals surface area contributed by atoms with Gasteiger partial charge in [0.15, 0.2) is 0 Å². The molecule has 0 radical (unpaired) electrons. The highest BCUT2D eigenvalue weighted by molar-refractivity contribution is 5.77. The Balaban J connectivity index is 1.44. The normalized spacial score (nSPS) is 19.4. The van der Waals surface area contributed by atoms with Crippen molar-refractivity contribution < 1.29 is 19.4 Å². The zero-order valence-corrected chi connectivity index (χ0v) is 17.3. The van der Waals surface area contributed by atoms with Gasteiger partial charge in [0.2, 0.25) is 5.91 Å². The molecule has 1 fully saturated rings. The number of aliphatic hydroxyl groups is 1. The van der Waals surface area contributed by atoms with E-state index in [1.165, 1.54) is 7.11 Å². The molecule has 1 amide bonds. The SMILES string of the molecule is COCC(=O)N[C@@H]1CN(Cc2ccc(OCCn3nc(C)cc3C)cc2)C[C@H]1O. The van der Waals surface area contributed by atoms with Crippen LogP contribution in [0.15, 0.2) is 30.3 Å². The predicted molar refractivity (Wildman–Crippen MR) is 109 cm³/mol. The Morgan fingerprint density at radius 1 is 1.28 bits per heavy atom. The van der Waals surface area contributed by atoms with E-state index in [-0.39, 0.29) is 18.6 Å². The minimum absolute atomic E-state index is 0.00422. The van der Waals surface area contributed by atoms with Gasteiger partial charge in [0.05, 0.1) is 24.4 Å². The summed E-state index contributed by atoms with van der Waals surface area (Å²) >= 11 is 0. The molecule has 3 rings (SSSR count). The van der Waals surface area contributed by atoms with Crippen LogP contribution in [0.4, 0.5) is 0 Å². The quantitative estimate of drug-likeness (QED) is 0.648. The maximum absolute atomic E-state index is 11.7. The molecule has 2 heterocycles. The van der Waals surface area contributed by atoms with Crippen LogP contribution in [0.5, 0.6) is 5.75 Å². The monoisotopic (exact) mass is 402 g/mol. The number of likely N-dealkylation sites (tertiary alicyclic amines) is 1. The van der Waals surface area contributed by atoms with Crippen molar-refractivity contribution in [1.29, 1.82) is 0 Å². The molecule has 0 saturated carbocycles. The van der Waals surface area contributed by atoms with Gasteiger partial charge in [0.25, 0.3) is 0 Å². The van der Waals surface area contributed by atoms with Crippen molar-refractivity contribution in [3.8, 4) is 5.75 Å². The van der Waals surface area contributed by atoms with E-state index in [2.05, 4.69) is 21.4 Å². The van der Waals surface area contributed by atoms with E-state index >= 15 is 0 Å². The highest BCUT2D eigenvalue weighted by atomic mass is 16.5. The lowest BCUT2D eigenvalue weighted by molar-refractivity contribution is -0.125. The standard InChI is InChI=1S/C21H30N4O4/c1-15-10-16(2)25(23-15)8-9-29-18-6-4-17(5-7-18)11-24-12-19(20(26)13-24)22-21(27)14-28-3/h4-7,10,19-20,26H,8-9,11-14H2,1-3H3,(H,22,27)/t19-,20-/m1/s1. The fourth-order valence-corrected chi connectivity index (χ4v) is 3.62. The Morgan fingerprint density at radius 2 is 2.03 bits per heavy atom. The highest BCUT2D eigenvalue weighted by Crippen LogP contribution is 2.17. The zero-order chi connectivity index (χ0) is 20.8. The van der Waals surface area contributed by atoms with E-state index < -0.39 is 6.10 Å². The van der Waals surface area contributed by atoms with Crippen LogP contribution in [0, 0.1) is 13.8 Å². The first kappa shape index (κ1) is 21.3. The molecular weight excluding hydrogens is 372 g/mol. The van der Waals surface area contributed by atoms with Gasteiger partial charge in [-0.25, -0.2) is 0 Å². The maximum Gasteiger partial charge on any atom is 0.246 e. The summed E-state index contributed by atoms with van der Waals surface area (Å²) in [7, 11) is 1.48. The van der Waals surface area contributed by atoms with Crippen LogP contribution >= 0.6 is 0 Å². The van der Waals surface area contributed by atoms with Crippen molar-refractivity contribution in [2.24, 2.45) is 0 Å². The molecule has 158 valence electrons. The summed E-state index contributed by atoms with van der Waals surface area (Å²) in [5.41, 5.74) is 3.28. The first-order valence-corrected chi connectivity index (χ1v) is 9.86. The summed E-state index contributed by atoms with van der Waals surface area (Å²) in [6.45, 7) is 7.14. The summed E-state index contributed by atoms with van der Waals surface area (Å²) in [6.07, 6.45) is -0.576. The topological polar surface area (TPSA) is 88.9 Å². The Labute approximate surface area is 171 Å². The molecule has 0 spiro atoms. The van der Waals surface area contributed by atoms with Crippen LogP contribution in [0.3, 0.4) is 0 Å². The molecule has 8 heteroatoms. The fraction of sp³-hybridized carbons (Fsp3) is 0.524. The number of benzene rings is 1. The molecule has 1 aromatic carbocycles. The largest absolute Gasteiger partial charge is 0.492 e. The van der Waals surface area contributed by atoms with E-state index in [0.717, 1.165) is 22.7 Å². The van der Waals surface area contributed by atoms with Gasteiger partial charge in [-0.2, -0.15) is 5.10 Å². The number of aryl methyl sites for hydroxylation is 2. The summed E-state index contributed by atoms with van der Waals surface area (Å²) in [5, 5.41) is 17.4. The minimum atomic E-state index is -0.576. The molecule has 2 N–H and O–H groups in total. The number of nitrogens with one attached hydrogen (secondary N) is 1. The van der Waals surface area contributed by atoms with E-state index in [0.29, 0.717) is 32.8 Å². The summed E-state index contributed by atoms with van der Waals surface area (Å²) in [5.74, 6) is 0.613. The zero-order valence-electron chi connectivity index (χ0n) is 17.3. The van der Waals surface area contributed by atoms with E-state index in [1.54, 1.807) is 0 Å². The summed E-state index contributed by atoms with van der Waals surface area (Å²) in [6, 6.07) is 9.76. The van der Waals surface area contributed by atoms with Crippen molar-refractivity contribution >= 4 is 5.91 Å². The number of hydrogen-bond acceptors (Lipinski definition) is 6. The first-order valence-electron chi connectivity index (χ1n) is 9.86. The lowest BCUT2D eigenvalue weighted by Crippen LogP contribution is -2.44. The third-order valence-corrected chi connectivity index (χ3v) is 4.99. The smallest absolute Gasteiger partial charge is 0.246 e. The minimum Gasteiger partial charge on any atom is -0.492 e. The summed E-state index contributed by atoms with van der Waals surface area (Å²) < 4.78 is 12.6.